The normalized spacial score (nSPS) is 13.8. The minimum absolute atomic E-state index is 0.0752. The van der Waals surface area contributed by atoms with Gasteiger partial charge in [-0.2, -0.15) is 5.26 Å². The lowest BCUT2D eigenvalue weighted by atomic mass is 10.2. The first-order valence-corrected chi connectivity index (χ1v) is 7.30. The Morgan fingerprint density at radius 2 is 2.15 bits per heavy atom. The first-order chi connectivity index (χ1) is 9.79. The summed E-state index contributed by atoms with van der Waals surface area (Å²) in [7, 11) is 0. The van der Waals surface area contributed by atoms with Gasteiger partial charge in [0.2, 0.25) is 0 Å². The molecule has 1 amide bonds. The standard InChI is InChI=1S/C15H13N3OS/c16-8-9-18(12-6-7-12)15(19)13-10-17-14(20-13)11-4-2-1-3-5-11/h1-5,10,12H,6-7,9H2. The molecule has 0 spiro atoms. The first-order valence-electron chi connectivity index (χ1n) is 6.49. The third-order valence-corrected chi connectivity index (χ3v) is 4.26. The van der Waals surface area contributed by atoms with Crippen molar-refractivity contribution in [2.45, 2.75) is 18.9 Å². The number of rotatable bonds is 4. The van der Waals surface area contributed by atoms with Crippen molar-refractivity contribution in [3.05, 3.63) is 41.4 Å². The van der Waals surface area contributed by atoms with Crippen molar-refractivity contribution in [3.8, 4) is 16.6 Å². The van der Waals surface area contributed by atoms with Crippen molar-refractivity contribution in [3.63, 3.8) is 0 Å². The average molecular weight is 283 g/mol. The van der Waals surface area contributed by atoms with E-state index in [1.807, 2.05) is 30.3 Å². The molecule has 1 saturated carbocycles. The Labute approximate surface area is 121 Å². The summed E-state index contributed by atoms with van der Waals surface area (Å²) in [6, 6.07) is 12.1. The summed E-state index contributed by atoms with van der Waals surface area (Å²) in [5.41, 5.74) is 1.01. The summed E-state index contributed by atoms with van der Waals surface area (Å²) < 4.78 is 0. The minimum Gasteiger partial charge on any atom is -0.322 e. The molecule has 4 nitrogen and oxygen atoms in total. The number of carbonyl (C=O) groups is 1. The predicted molar refractivity (Wildman–Crippen MR) is 77.2 cm³/mol. The summed E-state index contributed by atoms with van der Waals surface area (Å²) in [4.78, 5) is 19.0. The van der Waals surface area contributed by atoms with Crippen LogP contribution in [0.1, 0.15) is 22.5 Å². The Balaban J connectivity index is 1.83. The van der Waals surface area contributed by atoms with Crippen LogP contribution in [0.4, 0.5) is 0 Å². The Morgan fingerprint density at radius 3 is 2.80 bits per heavy atom. The van der Waals surface area contributed by atoms with Crippen LogP contribution in [0.25, 0.3) is 10.6 Å². The number of hydrogen-bond acceptors (Lipinski definition) is 4. The van der Waals surface area contributed by atoms with Gasteiger partial charge in [0.1, 0.15) is 16.4 Å². The van der Waals surface area contributed by atoms with Crippen molar-refractivity contribution < 1.29 is 4.79 Å². The molecular formula is C15H13N3OS. The van der Waals surface area contributed by atoms with Crippen LogP contribution in [0.15, 0.2) is 36.5 Å². The molecule has 2 aromatic rings. The maximum atomic E-state index is 12.4. The minimum atomic E-state index is -0.0752. The number of hydrogen-bond donors (Lipinski definition) is 0. The van der Waals surface area contributed by atoms with Crippen molar-refractivity contribution in [1.29, 1.82) is 5.26 Å². The molecule has 1 heterocycles. The van der Waals surface area contributed by atoms with E-state index in [0.717, 1.165) is 23.4 Å². The fourth-order valence-corrected chi connectivity index (χ4v) is 2.94. The zero-order valence-corrected chi connectivity index (χ0v) is 11.6. The van der Waals surface area contributed by atoms with Crippen molar-refractivity contribution in [2.24, 2.45) is 0 Å². The molecule has 1 aliphatic rings. The van der Waals surface area contributed by atoms with Gasteiger partial charge in [0.15, 0.2) is 0 Å². The summed E-state index contributed by atoms with van der Waals surface area (Å²) in [6.45, 7) is 0.155. The first kappa shape index (κ1) is 12.8. The van der Waals surface area contributed by atoms with Crippen molar-refractivity contribution in [2.75, 3.05) is 6.54 Å². The van der Waals surface area contributed by atoms with E-state index in [-0.39, 0.29) is 18.5 Å². The number of carbonyl (C=O) groups excluding carboxylic acids is 1. The predicted octanol–water partition coefficient (Wildman–Crippen LogP) is 2.94. The monoisotopic (exact) mass is 283 g/mol. The molecule has 1 aliphatic carbocycles. The van der Waals surface area contributed by atoms with Gasteiger partial charge in [0, 0.05) is 11.6 Å². The summed E-state index contributed by atoms with van der Waals surface area (Å²) in [5.74, 6) is -0.0752. The van der Waals surface area contributed by atoms with Crippen LogP contribution in [0, 0.1) is 11.3 Å². The topological polar surface area (TPSA) is 57.0 Å². The molecule has 20 heavy (non-hydrogen) atoms. The average Bonchev–Trinajstić information content (AvgIpc) is 3.21. The maximum absolute atomic E-state index is 12.4. The van der Waals surface area contributed by atoms with E-state index >= 15 is 0 Å². The highest BCUT2D eigenvalue weighted by atomic mass is 32.1. The van der Waals surface area contributed by atoms with Gasteiger partial charge >= 0.3 is 0 Å². The molecular weight excluding hydrogens is 270 g/mol. The Hall–Kier alpha value is -2.19. The van der Waals surface area contributed by atoms with E-state index < -0.39 is 0 Å². The van der Waals surface area contributed by atoms with Crippen LogP contribution in [-0.2, 0) is 0 Å². The van der Waals surface area contributed by atoms with Gasteiger partial charge in [-0.25, -0.2) is 4.98 Å². The highest BCUT2D eigenvalue weighted by Gasteiger charge is 2.33. The van der Waals surface area contributed by atoms with Gasteiger partial charge in [-0.1, -0.05) is 30.3 Å². The maximum Gasteiger partial charge on any atom is 0.266 e. The summed E-state index contributed by atoms with van der Waals surface area (Å²) in [6.07, 6.45) is 3.61. The molecule has 0 unspecified atom stereocenters. The number of amides is 1. The van der Waals surface area contributed by atoms with E-state index in [4.69, 9.17) is 5.26 Å². The van der Waals surface area contributed by atoms with Gasteiger partial charge < -0.3 is 4.90 Å². The number of aromatic nitrogens is 1. The third kappa shape index (κ3) is 2.56. The van der Waals surface area contributed by atoms with Crippen molar-refractivity contribution >= 4 is 17.2 Å². The highest BCUT2D eigenvalue weighted by molar-refractivity contribution is 7.16. The number of thiazole rings is 1. The molecule has 100 valence electrons. The number of benzene rings is 1. The van der Waals surface area contributed by atoms with E-state index in [2.05, 4.69) is 11.1 Å². The van der Waals surface area contributed by atoms with E-state index in [9.17, 15) is 4.79 Å². The van der Waals surface area contributed by atoms with Crippen LogP contribution in [0.2, 0.25) is 0 Å². The molecule has 5 heteroatoms. The fourth-order valence-electron chi connectivity index (χ4n) is 2.06. The van der Waals surface area contributed by atoms with Crippen molar-refractivity contribution in [1.82, 2.24) is 9.88 Å². The Bertz CT molecular complexity index is 655. The van der Waals surface area contributed by atoms with Crippen LogP contribution >= 0.6 is 11.3 Å². The van der Waals surface area contributed by atoms with Crippen LogP contribution in [0.3, 0.4) is 0 Å². The van der Waals surface area contributed by atoms with Gasteiger partial charge in [-0.3, -0.25) is 4.79 Å². The van der Waals surface area contributed by atoms with Gasteiger partial charge in [-0.15, -0.1) is 11.3 Å². The van der Waals surface area contributed by atoms with E-state index in [1.54, 1.807) is 11.1 Å². The molecule has 0 radical (unpaired) electrons. The smallest absolute Gasteiger partial charge is 0.266 e. The second kappa shape index (κ2) is 5.43. The third-order valence-electron chi connectivity index (χ3n) is 3.23. The van der Waals surface area contributed by atoms with Gasteiger partial charge in [0.25, 0.3) is 5.91 Å². The quantitative estimate of drug-likeness (QED) is 0.811. The molecule has 0 saturated heterocycles. The van der Waals surface area contributed by atoms with Crippen LogP contribution in [0.5, 0.6) is 0 Å². The van der Waals surface area contributed by atoms with E-state index in [1.165, 1.54) is 11.3 Å². The number of nitriles is 1. The summed E-state index contributed by atoms with van der Waals surface area (Å²) in [5, 5.41) is 9.67. The fraction of sp³-hybridized carbons (Fsp3) is 0.267. The van der Waals surface area contributed by atoms with E-state index in [0.29, 0.717) is 4.88 Å². The lowest BCUT2D eigenvalue weighted by Crippen LogP contribution is -2.32. The lowest BCUT2D eigenvalue weighted by Gasteiger charge is -2.17. The van der Waals surface area contributed by atoms with Crippen LogP contribution < -0.4 is 0 Å². The molecule has 0 atom stereocenters. The second-order valence-electron chi connectivity index (χ2n) is 4.72. The highest BCUT2D eigenvalue weighted by Crippen LogP contribution is 2.30. The molecule has 3 rings (SSSR count). The zero-order valence-electron chi connectivity index (χ0n) is 10.8. The molecule has 0 bridgehead atoms. The Morgan fingerprint density at radius 1 is 1.40 bits per heavy atom. The molecule has 1 aromatic heterocycles. The lowest BCUT2D eigenvalue weighted by molar-refractivity contribution is 0.0769. The Kier molecular flexibility index (Phi) is 3.48. The summed E-state index contributed by atoms with van der Waals surface area (Å²) >= 11 is 1.38. The largest absolute Gasteiger partial charge is 0.322 e. The van der Waals surface area contributed by atoms with Crippen LogP contribution in [-0.4, -0.2) is 28.4 Å². The number of nitrogens with zero attached hydrogens (tertiary/aromatic N) is 3. The molecule has 1 fully saturated rings. The second-order valence-corrected chi connectivity index (χ2v) is 5.75. The SMILES string of the molecule is N#CCN(C(=O)c1cnc(-c2ccccc2)s1)C1CC1. The van der Waals surface area contributed by atoms with Gasteiger partial charge in [0.05, 0.1) is 12.3 Å². The zero-order chi connectivity index (χ0) is 13.9. The molecule has 0 N–H and O–H groups in total. The molecule has 1 aromatic carbocycles. The molecule has 0 aliphatic heterocycles. The van der Waals surface area contributed by atoms with Gasteiger partial charge in [-0.05, 0) is 12.8 Å².